The van der Waals surface area contributed by atoms with Crippen molar-refractivity contribution in [3.8, 4) is 0 Å². The van der Waals surface area contributed by atoms with Crippen molar-refractivity contribution in [2.24, 2.45) is 5.92 Å². The minimum Gasteiger partial charge on any atom is -0.481 e. The van der Waals surface area contributed by atoms with E-state index in [0.29, 0.717) is 22.8 Å². The van der Waals surface area contributed by atoms with Crippen LogP contribution in [0.25, 0.3) is 0 Å². The van der Waals surface area contributed by atoms with Crippen molar-refractivity contribution in [3.63, 3.8) is 0 Å². The molecular weight excluding hydrogens is 284 g/mol. The minimum atomic E-state index is -0.769. The number of aliphatic carboxylic acids is 1. The van der Waals surface area contributed by atoms with Gasteiger partial charge in [0.1, 0.15) is 0 Å². The SMILES string of the molecule is CC1SCC(c2noc(C3CC3C(=O)O)n2)SC1C. The molecule has 5 nitrogen and oxygen atoms in total. The summed E-state index contributed by atoms with van der Waals surface area (Å²) in [7, 11) is 0. The Bertz CT molecular complexity index is 493. The number of nitrogens with zero attached hydrogens (tertiary/aromatic N) is 2. The lowest BCUT2D eigenvalue weighted by molar-refractivity contribution is -0.138. The zero-order valence-corrected chi connectivity index (χ0v) is 12.4. The van der Waals surface area contributed by atoms with Gasteiger partial charge in [-0.1, -0.05) is 19.0 Å². The maximum Gasteiger partial charge on any atom is 0.307 e. The van der Waals surface area contributed by atoms with E-state index >= 15 is 0 Å². The molecule has 2 heterocycles. The van der Waals surface area contributed by atoms with Gasteiger partial charge >= 0.3 is 5.97 Å². The summed E-state index contributed by atoms with van der Waals surface area (Å²) in [5.41, 5.74) is 0. The van der Waals surface area contributed by atoms with Gasteiger partial charge in [-0.05, 0) is 6.42 Å². The van der Waals surface area contributed by atoms with E-state index < -0.39 is 5.97 Å². The maximum atomic E-state index is 10.8. The van der Waals surface area contributed by atoms with Crippen LogP contribution in [-0.2, 0) is 4.79 Å². The Morgan fingerprint density at radius 3 is 2.84 bits per heavy atom. The Kier molecular flexibility index (Phi) is 3.51. The van der Waals surface area contributed by atoms with Gasteiger partial charge in [0, 0.05) is 16.3 Å². The Morgan fingerprint density at radius 2 is 2.21 bits per heavy atom. The normalized spacial score (nSPS) is 38.1. The number of aromatic nitrogens is 2. The molecule has 7 heteroatoms. The number of hydrogen-bond donors (Lipinski definition) is 1. The van der Waals surface area contributed by atoms with Crippen molar-refractivity contribution in [1.29, 1.82) is 0 Å². The van der Waals surface area contributed by atoms with E-state index in [0.717, 1.165) is 11.6 Å². The highest BCUT2D eigenvalue weighted by molar-refractivity contribution is 8.07. The molecule has 2 fully saturated rings. The van der Waals surface area contributed by atoms with Crippen molar-refractivity contribution < 1.29 is 14.4 Å². The summed E-state index contributed by atoms with van der Waals surface area (Å²) < 4.78 is 5.24. The monoisotopic (exact) mass is 300 g/mol. The molecule has 0 bridgehead atoms. The van der Waals surface area contributed by atoms with E-state index in [4.69, 9.17) is 9.63 Å². The van der Waals surface area contributed by atoms with Gasteiger partial charge < -0.3 is 9.63 Å². The summed E-state index contributed by atoms with van der Waals surface area (Å²) >= 11 is 3.81. The Balaban J connectivity index is 1.67. The van der Waals surface area contributed by atoms with Crippen molar-refractivity contribution in [1.82, 2.24) is 10.1 Å². The number of carbonyl (C=O) groups is 1. The molecule has 0 amide bonds. The second kappa shape index (κ2) is 5.01. The number of hydrogen-bond acceptors (Lipinski definition) is 6. The van der Waals surface area contributed by atoms with Gasteiger partial charge in [-0.25, -0.2) is 0 Å². The molecule has 0 spiro atoms. The van der Waals surface area contributed by atoms with Crippen LogP contribution in [0, 0.1) is 5.92 Å². The van der Waals surface area contributed by atoms with E-state index in [1.165, 1.54) is 0 Å². The summed E-state index contributed by atoms with van der Waals surface area (Å²) in [6, 6.07) is 0. The number of thioether (sulfide) groups is 2. The van der Waals surface area contributed by atoms with Gasteiger partial charge in [0.15, 0.2) is 5.82 Å². The Morgan fingerprint density at radius 1 is 1.42 bits per heavy atom. The molecule has 1 saturated carbocycles. The van der Waals surface area contributed by atoms with Crippen LogP contribution in [0.5, 0.6) is 0 Å². The van der Waals surface area contributed by atoms with Crippen molar-refractivity contribution in [2.45, 2.75) is 41.9 Å². The summed E-state index contributed by atoms with van der Waals surface area (Å²) in [4.78, 5) is 15.2. The summed E-state index contributed by atoms with van der Waals surface area (Å²) in [6.45, 7) is 4.46. The van der Waals surface area contributed by atoms with Gasteiger partial charge in [-0.2, -0.15) is 16.7 Å². The molecule has 0 radical (unpaired) electrons. The molecule has 0 aromatic carbocycles. The van der Waals surface area contributed by atoms with E-state index in [1.54, 1.807) is 0 Å². The molecule has 1 N–H and O–H groups in total. The van der Waals surface area contributed by atoms with Crippen LogP contribution >= 0.6 is 23.5 Å². The zero-order valence-electron chi connectivity index (χ0n) is 10.8. The Hall–Kier alpha value is -0.690. The molecule has 1 aliphatic carbocycles. The lowest BCUT2D eigenvalue weighted by atomic mass is 10.3. The smallest absolute Gasteiger partial charge is 0.307 e. The standard InChI is InChI=1S/C12H16N2O3S2/c1-5-6(2)19-9(4-18-5)10-13-11(17-14-10)7-3-8(7)12(15)16/h5-9H,3-4H2,1-2H3,(H,15,16). The van der Waals surface area contributed by atoms with Gasteiger partial charge in [0.2, 0.25) is 5.89 Å². The molecule has 1 aromatic heterocycles. The molecule has 2 aliphatic rings. The van der Waals surface area contributed by atoms with Crippen molar-refractivity contribution in [2.75, 3.05) is 5.75 Å². The van der Waals surface area contributed by atoms with E-state index in [-0.39, 0.29) is 17.1 Å². The Labute approximate surface area is 119 Å². The number of carboxylic acids is 1. The van der Waals surface area contributed by atoms with Gasteiger partial charge in [0.25, 0.3) is 0 Å². The average Bonchev–Trinajstić information content (AvgIpc) is 3.04. The van der Waals surface area contributed by atoms with Crippen LogP contribution in [0.4, 0.5) is 0 Å². The number of carboxylic acid groups (broad SMARTS) is 1. The van der Waals surface area contributed by atoms with Crippen LogP contribution in [0.15, 0.2) is 4.52 Å². The van der Waals surface area contributed by atoms with Crippen molar-refractivity contribution in [3.05, 3.63) is 11.7 Å². The summed E-state index contributed by atoms with van der Waals surface area (Å²) in [5.74, 6) is 1.04. The molecular formula is C12H16N2O3S2. The average molecular weight is 300 g/mol. The number of rotatable bonds is 3. The lowest BCUT2D eigenvalue weighted by Crippen LogP contribution is -2.22. The first-order valence-corrected chi connectivity index (χ1v) is 8.38. The largest absolute Gasteiger partial charge is 0.481 e. The van der Waals surface area contributed by atoms with E-state index in [1.807, 2.05) is 23.5 Å². The van der Waals surface area contributed by atoms with Crippen LogP contribution in [-0.4, -0.2) is 37.5 Å². The first-order chi connectivity index (χ1) is 9.06. The third kappa shape index (κ3) is 2.63. The highest BCUT2D eigenvalue weighted by Gasteiger charge is 2.48. The molecule has 104 valence electrons. The third-order valence-electron chi connectivity index (χ3n) is 3.72. The minimum absolute atomic E-state index is 0.0728. The predicted molar refractivity (Wildman–Crippen MR) is 74.5 cm³/mol. The second-order valence-corrected chi connectivity index (χ2v) is 8.14. The van der Waals surface area contributed by atoms with Gasteiger partial charge in [-0.3, -0.25) is 4.79 Å². The highest BCUT2D eigenvalue weighted by Crippen LogP contribution is 2.48. The van der Waals surface area contributed by atoms with Gasteiger partial charge in [0.05, 0.1) is 17.1 Å². The highest BCUT2D eigenvalue weighted by atomic mass is 32.2. The maximum absolute atomic E-state index is 10.8. The summed E-state index contributed by atoms with van der Waals surface area (Å²) in [6.07, 6.45) is 0.622. The fourth-order valence-electron chi connectivity index (χ4n) is 2.19. The molecule has 1 aliphatic heterocycles. The van der Waals surface area contributed by atoms with E-state index in [9.17, 15) is 4.79 Å². The molecule has 1 aromatic rings. The quantitative estimate of drug-likeness (QED) is 0.919. The molecule has 5 atom stereocenters. The van der Waals surface area contributed by atoms with Crippen LogP contribution < -0.4 is 0 Å². The topological polar surface area (TPSA) is 76.2 Å². The fraction of sp³-hybridized carbons (Fsp3) is 0.750. The first-order valence-electron chi connectivity index (χ1n) is 6.39. The molecule has 5 unspecified atom stereocenters. The van der Waals surface area contributed by atoms with Crippen LogP contribution in [0.2, 0.25) is 0 Å². The predicted octanol–water partition coefficient (Wildman–Crippen LogP) is 2.56. The third-order valence-corrected chi connectivity index (χ3v) is 7.11. The molecule has 3 rings (SSSR count). The molecule has 19 heavy (non-hydrogen) atoms. The van der Waals surface area contributed by atoms with E-state index in [2.05, 4.69) is 24.0 Å². The second-order valence-electron chi connectivity index (χ2n) is 5.15. The fourth-order valence-corrected chi connectivity index (χ4v) is 5.02. The summed E-state index contributed by atoms with van der Waals surface area (Å²) in [5, 5.41) is 14.4. The lowest BCUT2D eigenvalue weighted by Gasteiger charge is -2.29. The zero-order chi connectivity index (χ0) is 13.6. The van der Waals surface area contributed by atoms with Crippen LogP contribution in [0.1, 0.15) is 43.2 Å². The van der Waals surface area contributed by atoms with Crippen molar-refractivity contribution >= 4 is 29.5 Å². The first kappa shape index (κ1) is 13.3. The molecule has 1 saturated heterocycles. The van der Waals surface area contributed by atoms with Crippen LogP contribution in [0.3, 0.4) is 0 Å². The van der Waals surface area contributed by atoms with Gasteiger partial charge in [-0.15, -0.1) is 11.8 Å².